The van der Waals surface area contributed by atoms with Crippen LogP contribution in [0.2, 0.25) is 10.0 Å². The molecular weight excluding hydrogens is 239 g/mol. The van der Waals surface area contributed by atoms with Gasteiger partial charge in [0, 0.05) is 21.7 Å². The smallest absolute Gasteiger partial charge is 0.144 e. The predicted molar refractivity (Wildman–Crippen MR) is 61.3 cm³/mol. The van der Waals surface area contributed by atoms with Crippen LogP contribution in [-0.4, -0.2) is 11.5 Å². The van der Waals surface area contributed by atoms with Crippen LogP contribution in [0.1, 0.15) is 17.2 Å². The standard InChI is InChI=1S/C10H8Cl2OS/c11-6-1-2-8(9(12)3-6)10-4-7(13)5-14-10/h1-3,10H,4-5H2. The molecule has 14 heavy (non-hydrogen) atoms. The number of hydrogen-bond donors (Lipinski definition) is 0. The van der Waals surface area contributed by atoms with Gasteiger partial charge in [0.05, 0.1) is 5.75 Å². The summed E-state index contributed by atoms with van der Waals surface area (Å²) in [5.74, 6) is 0.898. The second-order valence-electron chi connectivity index (χ2n) is 3.21. The van der Waals surface area contributed by atoms with Crippen LogP contribution in [0.15, 0.2) is 18.2 Å². The quantitative estimate of drug-likeness (QED) is 0.751. The van der Waals surface area contributed by atoms with Gasteiger partial charge < -0.3 is 0 Å². The number of hydrogen-bond acceptors (Lipinski definition) is 2. The number of carbonyl (C=O) groups excluding carboxylic acids is 1. The Kier molecular flexibility index (Phi) is 3.05. The van der Waals surface area contributed by atoms with Gasteiger partial charge in [-0.3, -0.25) is 4.79 Å². The minimum atomic E-state index is 0.215. The van der Waals surface area contributed by atoms with Crippen molar-refractivity contribution in [1.82, 2.24) is 0 Å². The number of rotatable bonds is 1. The minimum Gasteiger partial charge on any atom is -0.299 e. The van der Waals surface area contributed by atoms with Gasteiger partial charge in [-0.05, 0) is 17.7 Å². The summed E-state index contributed by atoms with van der Waals surface area (Å²) in [6.07, 6.45) is 0.589. The van der Waals surface area contributed by atoms with Crippen molar-refractivity contribution in [3.8, 4) is 0 Å². The fourth-order valence-electron chi connectivity index (χ4n) is 1.48. The third kappa shape index (κ3) is 2.08. The van der Waals surface area contributed by atoms with Gasteiger partial charge in [-0.1, -0.05) is 29.3 Å². The molecule has 1 fully saturated rings. The van der Waals surface area contributed by atoms with E-state index < -0.39 is 0 Å². The number of carbonyl (C=O) groups is 1. The number of ketones is 1. The fraction of sp³-hybridized carbons (Fsp3) is 0.300. The van der Waals surface area contributed by atoms with Gasteiger partial charge in [-0.15, -0.1) is 11.8 Å². The Morgan fingerprint density at radius 1 is 1.36 bits per heavy atom. The molecule has 1 nitrogen and oxygen atoms in total. The zero-order valence-electron chi connectivity index (χ0n) is 7.30. The number of thioether (sulfide) groups is 1. The zero-order chi connectivity index (χ0) is 10.1. The van der Waals surface area contributed by atoms with E-state index in [-0.39, 0.29) is 5.25 Å². The lowest BCUT2D eigenvalue weighted by Gasteiger charge is -2.09. The summed E-state index contributed by atoms with van der Waals surface area (Å²) in [4.78, 5) is 11.1. The first-order valence-corrected chi connectivity index (χ1v) is 6.05. The van der Waals surface area contributed by atoms with E-state index in [1.54, 1.807) is 17.8 Å². The molecule has 0 aromatic heterocycles. The zero-order valence-corrected chi connectivity index (χ0v) is 9.62. The third-order valence-electron chi connectivity index (χ3n) is 2.17. The lowest BCUT2D eigenvalue weighted by molar-refractivity contribution is -0.116. The maximum absolute atomic E-state index is 11.1. The molecule has 2 rings (SSSR count). The van der Waals surface area contributed by atoms with E-state index in [0.717, 1.165) is 5.56 Å². The van der Waals surface area contributed by atoms with Crippen molar-refractivity contribution in [3.63, 3.8) is 0 Å². The molecule has 0 amide bonds. The second-order valence-corrected chi connectivity index (χ2v) is 5.24. The maximum Gasteiger partial charge on any atom is 0.144 e. The van der Waals surface area contributed by atoms with Crippen molar-refractivity contribution in [2.75, 3.05) is 5.75 Å². The largest absolute Gasteiger partial charge is 0.299 e. The number of benzene rings is 1. The van der Waals surface area contributed by atoms with E-state index in [2.05, 4.69) is 0 Å². The van der Waals surface area contributed by atoms with Crippen molar-refractivity contribution < 1.29 is 4.79 Å². The summed E-state index contributed by atoms with van der Waals surface area (Å²) in [6, 6.07) is 5.44. The molecule has 74 valence electrons. The lowest BCUT2D eigenvalue weighted by Crippen LogP contribution is -1.94. The highest BCUT2D eigenvalue weighted by atomic mass is 35.5. The number of Topliss-reactive ketones (excluding diaryl/α,β-unsaturated/α-hetero) is 1. The topological polar surface area (TPSA) is 17.1 Å². The molecule has 1 unspecified atom stereocenters. The third-order valence-corrected chi connectivity index (χ3v) is 4.04. The lowest BCUT2D eigenvalue weighted by atomic mass is 10.1. The van der Waals surface area contributed by atoms with Crippen LogP contribution in [0, 0.1) is 0 Å². The van der Waals surface area contributed by atoms with E-state index in [0.29, 0.717) is 28.0 Å². The average molecular weight is 247 g/mol. The monoisotopic (exact) mass is 246 g/mol. The van der Waals surface area contributed by atoms with Crippen LogP contribution >= 0.6 is 35.0 Å². The van der Waals surface area contributed by atoms with E-state index in [4.69, 9.17) is 23.2 Å². The van der Waals surface area contributed by atoms with Crippen LogP contribution in [0.3, 0.4) is 0 Å². The molecule has 1 aromatic rings. The molecule has 1 saturated heterocycles. The Morgan fingerprint density at radius 2 is 2.14 bits per heavy atom. The first kappa shape index (κ1) is 10.3. The predicted octanol–water partition coefficient (Wildman–Crippen LogP) is 3.74. The summed E-state index contributed by atoms with van der Waals surface area (Å²) >= 11 is 13.5. The van der Waals surface area contributed by atoms with Gasteiger partial charge in [0.2, 0.25) is 0 Å². The van der Waals surface area contributed by atoms with Gasteiger partial charge in [0.15, 0.2) is 0 Å². The van der Waals surface area contributed by atoms with Gasteiger partial charge in [0.1, 0.15) is 5.78 Å². The molecule has 1 aromatic carbocycles. The summed E-state index contributed by atoms with van der Waals surface area (Å²) in [7, 11) is 0. The second kappa shape index (κ2) is 4.13. The molecule has 0 spiro atoms. The van der Waals surface area contributed by atoms with Crippen LogP contribution in [0.4, 0.5) is 0 Å². The van der Waals surface area contributed by atoms with Crippen molar-refractivity contribution in [2.24, 2.45) is 0 Å². The van der Waals surface area contributed by atoms with E-state index in [9.17, 15) is 4.79 Å². The minimum absolute atomic E-state index is 0.215. The molecule has 1 heterocycles. The van der Waals surface area contributed by atoms with Crippen LogP contribution in [0.5, 0.6) is 0 Å². The Bertz CT molecular complexity index is 378. The highest BCUT2D eigenvalue weighted by Crippen LogP contribution is 2.41. The normalized spacial score (nSPS) is 21.6. The molecule has 0 bridgehead atoms. The maximum atomic E-state index is 11.1. The molecule has 0 N–H and O–H groups in total. The molecule has 1 aliphatic heterocycles. The molecular formula is C10H8Cl2OS. The Labute approximate surface area is 96.8 Å². The molecule has 0 saturated carbocycles. The Hall–Kier alpha value is -0.180. The van der Waals surface area contributed by atoms with Gasteiger partial charge in [-0.25, -0.2) is 0 Å². The molecule has 0 radical (unpaired) electrons. The van der Waals surface area contributed by atoms with Crippen molar-refractivity contribution in [1.29, 1.82) is 0 Å². The summed E-state index contributed by atoms with van der Waals surface area (Å²) in [6.45, 7) is 0. The molecule has 1 atom stereocenters. The van der Waals surface area contributed by atoms with E-state index in [1.807, 2.05) is 12.1 Å². The summed E-state index contributed by atoms with van der Waals surface area (Å²) in [5.41, 5.74) is 1.02. The summed E-state index contributed by atoms with van der Waals surface area (Å²) < 4.78 is 0. The van der Waals surface area contributed by atoms with Gasteiger partial charge >= 0.3 is 0 Å². The van der Waals surface area contributed by atoms with Crippen LogP contribution < -0.4 is 0 Å². The van der Waals surface area contributed by atoms with Crippen LogP contribution in [-0.2, 0) is 4.79 Å². The average Bonchev–Trinajstić information content (AvgIpc) is 2.51. The first-order chi connectivity index (χ1) is 6.66. The SMILES string of the molecule is O=C1CSC(c2ccc(Cl)cc2Cl)C1. The number of halogens is 2. The van der Waals surface area contributed by atoms with Crippen molar-refractivity contribution in [2.45, 2.75) is 11.7 Å². The highest BCUT2D eigenvalue weighted by molar-refractivity contribution is 8.00. The molecule has 0 aliphatic carbocycles. The Morgan fingerprint density at radius 3 is 2.71 bits per heavy atom. The van der Waals surface area contributed by atoms with E-state index in [1.165, 1.54) is 0 Å². The summed E-state index contributed by atoms with van der Waals surface area (Å²) in [5, 5.41) is 1.50. The van der Waals surface area contributed by atoms with Crippen molar-refractivity contribution >= 4 is 40.7 Å². The van der Waals surface area contributed by atoms with E-state index >= 15 is 0 Å². The van der Waals surface area contributed by atoms with Crippen molar-refractivity contribution in [3.05, 3.63) is 33.8 Å². The van der Waals surface area contributed by atoms with Gasteiger partial charge in [-0.2, -0.15) is 0 Å². The Balaban J connectivity index is 2.28. The van der Waals surface area contributed by atoms with Gasteiger partial charge in [0.25, 0.3) is 0 Å². The first-order valence-electron chi connectivity index (χ1n) is 4.25. The molecule has 1 aliphatic rings. The highest BCUT2D eigenvalue weighted by Gasteiger charge is 2.25. The molecule has 4 heteroatoms. The van der Waals surface area contributed by atoms with Crippen LogP contribution in [0.25, 0.3) is 0 Å². The fourth-order valence-corrected chi connectivity index (χ4v) is 3.28.